The molecule has 140 valence electrons. The third-order valence-corrected chi connectivity index (χ3v) is 4.32. The van der Waals surface area contributed by atoms with E-state index < -0.39 is 17.7 Å². The second kappa shape index (κ2) is 7.77. The van der Waals surface area contributed by atoms with Gasteiger partial charge in [-0.25, -0.2) is 0 Å². The highest BCUT2D eigenvalue weighted by Gasteiger charge is 2.36. The molecule has 1 heterocycles. The molecule has 3 rings (SSSR count). The molecular formula is C19H19N3O5. The minimum atomic E-state index is -0.646. The molecule has 3 amide bonds. The summed E-state index contributed by atoms with van der Waals surface area (Å²) < 4.78 is 5.27. The van der Waals surface area contributed by atoms with Crippen LogP contribution in [0.2, 0.25) is 0 Å². The fraction of sp³-hybridized carbons (Fsp3) is 0.211. The first kappa shape index (κ1) is 18.2. The van der Waals surface area contributed by atoms with Gasteiger partial charge < -0.3 is 14.7 Å². The van der Waals surface area contributed by atoms with E-state index in [2.05, 4.69) is 10.9 Å². The van der Waals surface area contributed by atoms with Crippen LogP contribution in [0.5, 0.6) is 11.5 Å². The van der Waals surface area contributed by atoms with Crippen molar-refractivity contribution in [3.05, 3.63) is 54.1 Å². The Morgan fingerprint density at radius 2 is 1.81 bits per heavy atom. The Hall–Kier alpha value is -3.55. The number of rotatable bonds is 4. The number of carbonyl (C=O) groups excluding carboxylic acids is 3. The quantitative estimate of drug-likeness (QED) is 0.702. The first-order valence-electron chi connectivity index (χ1n) is 8.33. The number of para-hydroxylation sites is 3. The highest BCUT2D eigenvalue weighted by Crippen LogP contribution is 2.32. The average Bonchev–Trinajstić information content (AvgIpc) is 3.07. The molecule has 1 aliphatic heterocycles. The van der Waals surface area contributed by atoms with Gasteiger partial charge in [-0.15, -0.1) is 0 Å². The van der Waals surface area contributed by atoms with E-state index in [0.717, 1.165) is 0 Å². The van der Waals surface area contributed by atoms with Crippen LogP contribution in [0.3, 0.4) is 0 Å². The van der Waals surface area contributed by atoms with Crippen LogP contribution in [-0.2, 0) is 9.59 Å². The van der Waals surface area contributed by atoms with E-state index in [4.69, 9.17) is 4.74 Å². The topological polar surface area (TPSA) is 108 Å². The monoisotopic (exact) mass is 369 g/mol. The number of aromatic hydroxyl groups is 1. The van der Waals surface area contributed by atoms with Crippen molar-refractivity contribution >= 4 is 23.4 Å². The zero-order valence-corrected chi connectivity index (χ0v) is 14.6. The van der Waals surface area contributed by atoms with Crippen LogP contribution in [0.15, 0.2) is 48.5 Å². The van der Waals surface area contributed by atoms with Crippen LogP contribution < -0.4 is 20.5 Å². The number of amides is 3. The minimum Gasteiger partial charge on any atom is -0.507 e. The van der Waals surface area contributed by atoms with E-state index in [0.29, 0.717) is 11.4 Å². The number of ether oxygens (including phenoxy) is 1. The molecule has 8 nitrogen and oxygen atoms in total. The lowest BCUT2D eigenvalue weighted by atomic mass is 10.1. The molecule has 0 saturated carbocycles. The minimum absolute atomic E-state index is 0.0241. The molecule has 0 aromatic heterocycles. The standard InChI is InChI=1S/C19H19N3O5/c1-27-16-9-5-3-7-14(16)22-11-12(10-17(22)24)18(25)20-21-19(26)13-6-2-4-8-15(13)23/h2-9,12,23H,10-11H2,1H3,(H,20,25)(H,21,26). The van der Waals surface area contributed by atoms with Crippen LogP contribution in [0, 0.1) is 5.92 Å². The van der Waals surface area contributed by atoms with Crippen molar-refractivity contribution < 1.29 is 24.2 Å². The summed E-state index contributed by atoms with van der Waals surface area (Å²) in [5.74, 6) is -1.60. The fourth-order valence-electron chi connectivity index (χ4n) is 2.92. The first-order valence-corrected chi connectivity index (χ1v) is 8.33. The van der Waals surface area contributed by atoms with Gasteiger partial charge in [-0.05, 0) is 24.3 Å². The number of hydrogen-bond donors (Lipinski definition) is 3. The van der Waals surface area contributed by atoms with E-state index in [9.17, 15) is 19.5 Å². The Balaban J connectivity index is 1.62. The number of nitrogens with one attached hydrogen (secondary N) is 2. The third kappa shape index (κ3) is 3.84. The Morgan fingerprint density at radius 3 is 2.56 bits per heavy atom. The summed E-state index contributed by atoms with van der Waals surface area (Å²) >= 11 is 0. The normalized spacial score (nSPS) is 16.1. The molecule has 1 unspecified atom stereocenters. The fourth-order valence-corrected chi connectivity index (χ4v) is 2.92. The van der Waals surface area contributed by atoms with Gasteiger partial charge in [0.1, 0.15) is 11.5 Å². The largest absolute Gasteiger partial charge is 0.507 e. The average molecular weight is 369 g/mol. The van der Waals surface area contributed by atoms with Gasteiger partial charge in [0, 0.05) is 13.0 Å². The van der Waals surface area contributed by atoms with E-state index in [1.165, 1.54) is 24.1 Å². The molecule has 1 aliphatic rings. The number of carbonyl (C=O) groups is 3. The lowest BCUT2D eigenvalue weighted by molar-refractivity contribution is -0.126. The van der Waals surface area contributed by atoms with Crippen LogP contribution >= 0.6 is 0 Å². The van der Waals surface area contributed by atoms with Crippen molar-refractivity contribution in [3.8, 4) is 11.5 Å². The van der Waals surface area contributed by atoms with Gasteiger partial charge in [0.25, 0.3) is 5.91 Å². The van der Waals surface area contributed by atoms with Crippen molar-refractivity contribution in [3.63, 3.8) is 0 Å². The van der Waals surface area contributed by atoms with Crippen LogP contribution in [0.4, 0.5) is 5.69 Å². The summed E-state index contributed by atoms with van der Waals surface area (Å²) in [5, 5.41) is 9.67. The van der Waals surface area contributed by atoms with Gasteiger partial charge in [0.05, 0.1) is 24.3 Å². The summed E-state index contributed by atoms with van der Waals surface area (Å²) in [6.45, 7) is 0.178. The lowest BCUT2D eigenvalue weighted by Crippen LogP contribution is -2.45. The van der Waals surface area contributed by atoms with Crippen molar-refractivity contribution in [2.24, 2.45) is 5.92 Å². The summed E-state index contributed by atoms with van der Waals surface area (Å²) in [4.78, 5) is 38.2. The number of phenolic OH excluding ortho intramolecular Hbond substituents is 1. The van der Waals surface area contributed by atoms with Gasteiger partial charge in [0.2, 0.25) is 11.8 Å². The van der Waals surface area contributed by atoms with Crippen LogP contribution in [0.25, 0.3) is 0 Å². The number of benzene rings is 2. The Kier molecular flexibility index (Phi) is 5.25. The Bertz CT molecular complexity index is 883. The highest BCUT2D eigenvalue weighted by atomic mass is 16.5. The number of methoxy groups -OCH3 is 1. The summed E-state index contributed by atoms with van der Waals surface area (Å²) in [7, 11) is 1.51. The van der Waals surface area contributed by atoms with Gasteiger partial charge in [-0.3, -0.25) is 25.2 Å². The molecule has 0 bridgehead atoms. The van der Waals surface area contributed by atoms with Crippen molar-refractivity contribution in [1.29, 1.82) is 0 Å². The lowest BCUT2D eigenvalue weighted by Gasteiger charge is -2.19. The number of anilines is 1. The highest BCUT2D eigenvalue weighted by molar-refractivity contribution is 6.02. The molecule has 2 aromatic carbocycles. The van der Waals surface area contributed by atoms with Gasteiger partial charge in [-0.2, -0.15) is 0 Å². The SMILES string of the molecule is COc1ccccc1N1CC(C(=O)NNC(=O)c2ccccc2O)CC1=O. The molecule has 27 heavy (non-hydrogen) atoms. The maximum Gasteiger partial charge on any atom is 0.273 e. The molecule has 1 fully saturated rings. The second-order valence-electron chi connectivity index (χ2n) is 6.04. The molecule has 2 aromatic rings. The van der Waals surface area contributed by atoms with E-state index in [1.807, 2.05) is 0 Å². The van der Waals surface area contributed by atoms with Gasteiger partial charge in [0.15, 0.2) is 0 Å². The van der Waals surface area contributed by atoms with Crippen LogP contribution in [0.1, 0.15) is 16.8 Å². The van der Waals surface area contributed by atoms with Crippen molar-refractivity contribution in [2.75, 3.05) is 18.6 Å². The number of hydrazine groups is 1. The van der Waals surface area contributed by atoms with E-state index in [-0.39, 0.29) is 30.2 Å². The number of phenols is 1. The molecule has 0 aliphatic carbocycles. The molecule has 0 radical (unpaired) electrons. The maximum absolute atomic E-state index is 12.3. The summed E-state index contributed by atoms with van der Waals surface area (Å²) in [6.07, 6.45) is 0.0241. The molecule has 0 spiro atoms. The summed E-state index contributed by atoms with van der Waals surface area (Å²) in [6, 6.07) is 13.0. The summed E-state index contributed by atoms with van der Waals surface area (Å²) in [5.41, 5.74) is 5.20. The van der Waals surface area contributed by atoms with Gasteiger partial charge >= 0.3 is 0 Å². The Labute approximate surface area is 155 Å². The molecule has 1 saturated heterocycles. The predicted molar refractivity (Wildman–Crippen MR) is 97.2 cm³/mol. The molecular weight excluding hydrogens is 350 g/mol. The predicted octanol–water partition coefficient (Wildman–Crippen LogP) is 1.21. The number of nitrogens with zero attached hydrogens (tertiary/aromatic N) is 1. The Morgan fingerprint density at radius 1 is 1.11 bits per heavy atom. The number of hydrogen-bond acceptors (Lipinski definition) is 5. The molecule has 1 atom stereocenters. The molecule has 8 heteroatoms. The first-order chi connectivity index (χ1) is 13.0. The molecule has 3 N–H and O–H groups in total. The van der Waals surface area contributed by atoms with E-state index >= 15 is 0 Å². The van der Waals surface area contributed by atoms with Crippen LogP contribution in [-0.4, -0.2) is 36.5 Å². The third-order valence-electron chi connectivity index (χ3n) is 4.32. The van der Waals surface area contributed by atoms with Crippen molar-refractivity contribution in [2.45, 2.75) is 6.42 Å². The van der Waals surface area contributed by atoms with Crippen molar-refractivity contribution in [1.82, 2.24) is 10.9 Å². The zero-order valence-electron chi connectivity index (χ0n) is 14.6. The van der Waals surface area contributed by atoms with Gasteiger partial charge in [-0.1, -0.05) is 24.3 Å². The smallest absolute Gasteiger partial charge is 0.273 e. The maximum atomic E-state index is 12.3. The van der Waals surface area contributed by atoms with E-state index in [1.54, 1.807) is 36.4 Å². The zero-order chi connectivity index (χ0) is 19.4. The second-order valence-corrected chi connectivity index (χ2v) is 6.04.